The van der Waals surface area contributed by atoms with Crippen LogP contribution in [0.25, 0.3) is 0 Å². The Morgan fingerprint density at radius 2 is 2.35 bits per heavy atom. The molecule has 1 atom stereocenters. The third-order valence-electron chi connectivity index (χ3n) is 2.95. The number of rotatable bonds is 4. The Morgan fingerprint density at radius 3 is 2.95 bits per heavy atom. The van der Waals surface area contributed by atoms with Gasteiger partial charge in [0.2, 0.25) is 5.91 Å². The van der Waals surface area contributed by atoms with E-state index in [0.29, 0.717) is 6.42 Å². The first-order chi connectivity index (χ1) is 9.39. The van der Waals surface area contributed by atoms with E-state index in [-0.39, 0.29) is 23.2 Å². The molecule has 0 spiro atoms. The van der Waals surface area contributed by atoms with Crippen LogP contribution in [0.3, 0.4) is 0 Å². The van der Waals surface area contributed by atoms with Gasteiger partial charge in [0, 0.05) is 13.1 Å². The van der Waals surface area contributed by atoms with Gasteiger partial charge < -0.3 is 10.4 Å². The predicted octanol–water partition coefficient (Wildman–Crippen LogP) is -0.260. The molecule has 110 valence electrons. The van der Waals surface area contributed by atoms with Crippen molar-refractivity contribution in [3.63, 3.8) is 0 Å². The number of carbonyl (C=O) groups excluding carboxylic acids is 1. The molecule has 1 unspecified atom stereocenters. The average Bonchev–Trinajstić information content (AvgIpc) is 2.88. The van der Waals surface area contributed by atoms with E-state index in [4.69, 9.17) is 5.11 Å². The first-order valence-electron chi connectivity index (χ1n) is 5.86. The number of carboxylic acid groups (broad SMARTS) is 1. The largest absolute Gasteiger partial charge is 0.476 e. The highest BCUT2D eigenvalue weighted by Crippen LogP contribution is 2.27. The molecule has 10 heteroatoms. The molecule has 1 aromatic rings. The van der Waals surface area contributed by atoms with Crippen molar-refractivity contribution in [2.24, 2.45) is 0 Å². The van der Waals surface area contributed by atoms with Gasteiger partial charge in [-0.05, 0) is 6.42 Å². The lowest BCUT2D eigenvalue weighted by molar-refractivity contribution is -0.126. The Labute approximate surface area is 119 Å². The van der Waals surface area contributed by atoms with Crippen molar-refractivity contribution < 1.29 is 23.1 Å². The summed E-state index contributed by atoms with van der Waals surface area (Å²) in [6.07, 6.45) is 0.312. The zero-order valence-electron chi connectivity index (χ0n) is 10.6. The van der Waals surface area contributed by atoms with Crippen LogP contribution < -0.4 is 5.32 Å². The van der Waals surface area contributed by atoms with Gasteiger partial charge in [0.15, 0.2) is 9.90 Å². The molecule has 2 N–H and O–H groups in total. The monoisotopic (exact) mass is 319 g/mol. The third-order valence-corrected chi connectivity index (χ3v) is 6.20. The molecule has 1 amide bonds. The van der Waals surface area contributed by atoms with Crippen molar-refractivity contribution in [3.05, 3.63) is 11.2 Å². The number of nitrogens with one attached hydrogen (secondary N) is 1. The molecule has 1 aliphatic rings. The fraction of sp³-hybridized carbons (Fsp3) is 0.500. The summed E-state index contributed by atoms with van der Waals surface area (Å²) in [6, 6.07) is -0.822. The molecule has 2 heterocycles. The van der Waals surface area contributed by atoms with Crippen LogP contribution in [-0.4, -0.2) is 53.8 Å². The van der Waals surface area contributed by atoms with E-state index < -0.39 is 27.7 Å². The molecule has 0 saturated carbocycles. The van der Waals surface area contributed by atoms with Crippen LogP contribution in [0.5, 0.6) is 0 Å². The third kappa shape index (κ3) is 2.41. The van der Waals surface area contributed by atoms with Crippen molar-refractivity contribution in [2.45, 2.75) is 23.6 Å². The average molecular weight is 319 g/mol. The molecular formula is C10H13N3O5S2. The number of aromatic carboxylic acids is 1. The number of piperazine rings is 1. The van der Waals surface area contributed by atoms with Crippen LogP contribution in [0.4, 0.5) is 0 Å². The Morgan fingerprint density at radius 1 is 1.65 bits per heavy atom. The number of thiazole rings is 1. The first-order valence-corrected chi connectivity index (χ1v) is 8.18. The Bertz CT molecular complexity index is 639. The lowest BCUT2D eigenvalue weighted by Crippen LogP contribution is -2.56. The van der Waals surface area contributed by atoms with Crippen molar-refractivity contribution in [1.29, 1.82) is 0 Å². The summed E-state index contributed by atoms with van der Waals surface area (Å²) in [5.74, 6) is -1.77. The number of hydrogen-bond acceptors (Lipinski definition) is 6. The van der Waals surface area contributed by atoms with Crippen molar-refractivity contribution in [2.75, 3.05) is 13.1 Å². The number of hydrogen-bond donors (Lipinski definition) is 2. The van der Waals surface area contributed by atoms with E-state index in [1.54, 1.807) is 6.92 Å². The lowest BCUT2D eigenvalue weighted by Gasteiger charge is -2.32. The van der Waals surface area contributed by atoms with E-state index in [2.05, 4.69) is 10.3 Å². The van der Waals surface area contributed by atoms with Gasteiger partial charge in [-0.15, -0.1) is 11.3 Å². The summed E-state index contributed by atoms with van der Waals surface area (Å²) in [7, 11) is -4.04. The molecule has 20 heavy (non-hydrogen) atoms. The highest BCUT2D eigenvalue weighted by atomic mass is 32.2. The van der Waals surface area contributed by atoms with Gasteiger partial charge in [-0.25, -0.2) is 18.2 Å². The molecule has 0 aliphatic carbocycles. The minimum Gasteiger partial charge on any atom is -0.476 e. The fourth-order valence-electron chi connectivity index (χ4n) is 2.04. The second kappa shape index (κ2) is 5.46. The molecule has 0 aromatic carbocycles. The van der Waals surface area contributed by atoms with Gasteiger partial charge in [-0.1, -0.05) is 6.92 Å². The Balaban J connectivity index is 2.46. The summed E-state index contributed by atoms with van der Waals surface area (Å²) in [5.41, 5.74) is 0.664. The maximum absolute atomic E-state index is 12.5. The summed E-state index contributed by atoms with van der Waals surface area (Å²) in [4.78, 5) is 26.3. The van der Waals surface area contributed by atoms with E-state index in [0.717, 1.165) is 15.6 Å². The lowest BCUT2D eigenvalue weighted by atomic mass is 10.2. The molecule has 0 radical (unpaired) electrons. The molecular weight excluding hydrogens is 306 g/mol. The van der Waals surface area contributed by atoms with Crippen molar-refractivity contribution >= 4 is 33.2 Å². The van der Waals surface area contributed by atoms with E-state index >= 15 is 0 Å². The number of carbonyl (C=O) groups is 2. The summed E-state index contributed by atoms with van der Waals surface area (Å²) in [6.45, 7) is 2.02. The normalized spacial score (nSPS) is 20.6. The van der Waals surface area contributed by atoms with Crippen LogP contribution >= 0.6 is 11.3 Å². The van der Waals surface area contributed by atoms with E-state index in [1.165, 1.54) is 5.51 Å². The highest BCUT2D eigenvalue weighted by Gasteiger charge is 2.40. The standard InChI is InChI=1S/C10H13N3O5S2/c1-2-6-8(14)11-3-4-13(6)20(17,18)10-7(9(15)16)12-5-19-10/h5-6H,2-4H2,1H3,(H,11,14)(H,15,16). The number of nitrogens with zero attached hydrogens (tertiary/aromatic N) is 2. The van der Waals surface area contributed by atoms with E-state index in [1.807, 2.05) is 0 Å². The van der Waals surface area contributed by atoms with Gasteiger partial charge in [0.05, 0.1) is 5.51 Å². The fourth-order valence-corrected chi connectivity index (χ4v) is 4.95. The molecule has 1 aliphatic heterocycles. The van der Waals surface area contributed by atoms with Gasteiger partial charge in [-0.2, -0.15) is 4.31 Å². The zero-order valence-corrected chi connectivity index (χ0v) is 12.2. The van der Waals surface area contributed by atoms with Gasteiger partial charge in [-0.3, -0.25) is 4.79 Å². The molecule has 2 rings (SSSR count). The maximum atomic E-state index is 12.5. The summed E-state index contributed by atoms with van der Waals surface area (Å²) >= 11 is 0.739. The van der Waals surface area contributed by atoms with Crippen LogP contribution in [0, 0.1) is 0 Å². The van der Waals surface area contributed by atoms with Crippen LogP contribution in [0.15, 0.2) is 9.72 Å². The van der Waals surface area contributed by atoms with Crippen molar-refractivity contribution in [1.82, 2.24) is 14.6 Å². The SMILES string of the molecule is CCC1C(=O)NCCN1S(=O)(=O)c1scnc1C(=O)O. The Kier molecular flexibility index (Phi) is 4.06. The number of sulfonamides is 1. The van der Waals surface area contributed by atoms with Crippen LogP contribution in [-0.2, 0) is 14.8 Å². The molecule has 1 aromatic heterocycles. The highest BCUT2D eigenvalue weighted by molar-refractivity contribution is 7.91. The molecule has 0 bridgehead atoms. The maximum Gasteiger partial charge on any atom is 0.356 e. The first kappa shape index (κ1) is 14.9. The minimum atomic E-state index is -4.04. The van der Waals surface area contributed by atoms with Crippen LogP contribution in [0.1, 0.15) is 23.8 Å². The minimum absolute atomic E-state index is 0.115. The smallest absolute Gasteiger partial charge is 0.356 e. The number of amides is 1. The van der Waals surface area contributed by atoms with Gasteiger partial charge in [0.25, 0.3) is 10.0 Å². The summed E-state index contributed by atoms with van der Waals surface area (Å²) in [5, 5.41) is 11.6. The quantitative estimate of drug-likeness (QED) is 0.790. The summed E-state index contributed by atoms with van der Waals surface area (Å²) < 4.78 is 25.8. The number of carboxylic acids is 1. The van der Waals surface area contributed by atoms with Crippen molar-refractivity contribution in [3.8, 4) is 0 Å². The number of aromatic nitrogens is 1. The Hall–Kier alpha value is -1.52. The zero-order chi connectivity index (χ0) is 14.9. The second-order valence-corrected chi connectivity index (χ2v) is 7.06. The van der Waals surface area contributed by atoms with Gasteiger partial charge in [0.1, 0.15) is 6.04 Å². The topological polar surface area (TPSA) is 117 Å². The molecule has 8 nitrogen and oxygen atoms in total. The predicted molar refractivity (Wildman–Crippen MR) is 70.1 cm³/mol. The van der Waals surface area contributed by atoms with E-state index in [9.17, 15) is 18.0 Å². The molecule has 1 saturated heterocycles. The second-order valence-electron chi connectivity index (χ2n) is 4.12. The van der Waals surface area contributed by atoms with Crippen LogP contribution in [0.2, 0.25) is 0 Å². The van der Waals surface area contributed by atoms with Gasteiger partial charge >= 0.3 is 5.97 Å². The molecule has 1 fully saturated rings.